The Morgan fingerprint density at radius 1 is 1.31 bits per heavy atom. The summed E-state index contributed by atoms with van der Waals surface area (Å²) in [7, 11) is 1.62. The van der Waals surface area contributed by atoms with Crippen molar-refractivity contribution >= 4 is 28.8 Å². The van der Waals surface area contributed by atoms with Gasteiger partial charge in [0, 0.05) is 17.7 Å². The van der Waals surface area contributed by atoms with E-state index < -0.39 is 0 Å². The van der Waals surface area contributed by atoms with Crippen molar-refractivity contribution in [3.8, 4) is 5.75 Å². The van der Waals surface area contributed by atoms with Crippen LogP contribution in [0.1, 0.15) is 23.3 Å². The minimum atomic E-state index is -0.0754. The van der Waals surface area contributed by atoms with Crippen LogP contribution in [0, 0.1) is 0 Å². The molecule has 0 aliphatic carbocycles. The Kier molecular flexibility index (Phi) is 5.91. The molecule has 1 aliphatic heterocycles. The van der Waals surface area contributed by atoms with Gasteiger partial charge in [-0.05, 0) is 47.4 Å². The first kappa shape index (κ1) is 18.0. The summed E-state index contributed by atoms with van der Waals surface area (Å²) in [4.78, 5) is 25.2. The summed E-state index contributed by atoms with van der Waals surface area (Å²) in [6.07, 6.45) is 2.42. The molecule has 0 fully saturated rings. The third-order valence-corrected chi connectivity index (χ3v) is 4.92. The first-order chi connectivity index (χ1) is 12.7. The number of hydrazine groups is 1. The highest BCUT2D eigenvalue weighted by Crippen LogP contribution is 2.20. The molecule has 0 atom stereocenters. The Balaban J connectivity index is 1.52. The monoisotopic (exact) mass is 371 g/mol. The SMILES string of the molecule is COc1ccc(C2=CCC(=O)N(CCC(=O)NCc3cccs3)N2)cc1. The van der Waals surface area contributed by atoms with Crippen molar-refractivity contribution < 1.29 is 14.3 Å². The van der Waals surface area contributed by atoms with Gasteiger partial charge in [0.2, 0.25) is 11.8 Å². The molecule has 0 saturated carbocycles. The minimum absolute atomic E-state index is 0.0479. The van der Waals surface area contributed by atoms with Gasteiger partial charge in [-0.1, -0.05) is 6.07 Å². The zero-order chi connectivity index (χ0) is 18.4. The van der Waals surface area contributed by atoms with Gasteiger partial charge in [-0.25, -0.2) is 0 Å². The largest absolute Gasteiger partial charge is 0.497 e. The molecule has 2 heterocycles. The maximum absolute atomic E-state index is 12.1. The molecule has 0 bridgehead atoms. The van der Waals surface area contributed by atoms with Gasteiger partial charge in [0.05, 0.1) is 25.9 Å². The van der Waals surface area contributed by atoms with Crippen LogP contribution in [-0.4, -0.2) is 30.5 Å². The second kappa shape index (κ2) is 8.53. The highest BCUT2D eigenvalue weighted by Gasteiger charge is 2.20. The summed E-state index contributed by atoms with van der Waals surface area (Å²) >= 11 is 1.60. The number of methoxy groups -OCH3 is 1. The van der Waals surface area contributed by atoms with E-state index in [1.807, 2.05) is 47.9 Å². The van der Waals surface area contributed by atoms with Crippen LogP contribution in [0.4, 0.5) is 0 Å². The van der Waals surface area contributed by atoms with Crippen LogP contribution < -0.4 is 15.5 Å². The lowest BCUT2D eigenvalue weighted by Gasteiger charge is -2.29. The number of hydrogen-bond donors (Lipinski definition) is 2. The Morgan fingerprint density at radius 3 is 2.81 bits per heavy atom. The van der Waals surface area contributed by atoms with Gasteiger partial charge in [0.1, 0.15) is 5.75 Å². The lowest BCUT2D eigenvalue weighted by Crippen LogP contribution is -2.45. The van der Waals surface area contributed by atoms with Crippen molar-refractivity contribution in [1.82, 2.24) is 15.8 Å². The Hall–Kier alpha value is -2.80. The van der Waals surface area contributed by atoms with Crippen LogP contribution in [0.2, 0.25) is 0 Å². The molecule has 2 N–H and O–H groups in total. The molecule has 2 aromatic rings. The summed E-state index contributed by atoms with van der Waals surface area (Å²) < 4.78 is 5.16. The number of nitrogens with zero attached hydrogens (tertiary/aromatic N) is 1. The van der Waals surface area contributed by atoms with Crippen molar-refractivity contribution in [2.75, 3.05) is 13.7 Å². The van der Waals surface area contributed by atoms with Crippen LogP contribution in [0.5, 0.6) is 5.75 Å². The number of thiophene rings is 1. The van der Waals surface area contributed by atoms with Gasteiger partial charge in [-0.15, -0.1) is 11.3 Å². The van der Waals surface area contributed by atoms with Crippen LogP contribution in [0.3, 0.4) is 0 Å². The lowest BCUT2D eigenvalue weighted by atomic mass is 10.1. The number of benzene rings is 1. The molecule has 26 heavy (non-hydrogen) atoms. The second-order valence-corrected chi connectivity index (χ2v) is 6.85. The van der Waals surface area contributed by atoms with Gasteiger partial charge in [-0.2, -0.15) is 0 Å². The van der Waals surface area contributed by atoms with Crippen molar-refractivity contribution in [1.29, 1.82) is 0 Å². The summed E-state index contributed by atoms with van der Waals surface area (Å²) in [5.41, 5.74) is 4.92. The molecular formula is C19H21N3O3S. The summed E-state index contributed by atoms with van der Waals surface area (Å²) in [5.74, 6) is 0.655. The third kappa shape index (κ3) is 4.64. The van der Waals surface area contributed by atoms with E-state index >= 15 is 0 Å². The van der Waals surface area contributed by atoms with Crippen LogP contribution in [0.25, 0.3) is 5.70 Å². The van der Waals surface area contributed by atoms with Gasteiger partial charge < -0.3 is 10.1 Å². The van der Waals surface area contributed by atoms with Crippen LogP contribution in [-0.2, 0) is 16.1 Å². The normalized spacial score (nSPS) is 13.8. The maximum Gasteiger partial charge on any atom is 0.244 e. The quantitative estimate of drug-likeness (QED) is 0.785. The molecule has 7 heteroatoms. The third-order valence-electron chi connectivity index (χ3n) is 4.04. The molecule has 1 aliphatic rings. The molecule has 2 amide bonds. The molecule has 136 valence electrons. The summed E-state index contributed by atoms with van der Waals surface area (Å²) in [5, 5.41) is 6.35. The van der Waals surface area contributed by atoms with Crippen LogP contribution >= 0.6 is 11.3 Å². The molecule has 0 radical (unpaired) electrons. The van der Waals surface area contributed by atoms with E-state index in [0.29, 0.717) is 19.5 Å². The zero-order valence-electron chi connectivity index (χ0n) is 14.5. The number of hydrogen-bond acceptors (Lipinski definition) is 5. The number of carbonyl (C=O) groups excluding carboxylic acids is 2. The van der Waals surface area contributed by atoms with Crippen molar-refractivity contribution in [2.45, 2.75) is 19.4 Å². The molecule has 6 nitrogen and oxygen atoms in total. The summed E-state index contributed by atoms with van der Waals surface area (Å²) in [6, 6.07) is 11.5. The zero-order valence-corrected chi connectivity index (χ0v) is 15.3. The smallest absolute Gasteiger partial charge is 0.244 e. The van der Waals surface area contributed by atoms with Crippen molar-refractivity contribution in [3.05, 3.63) is 58.3 Å². The molecule has 1 aromatic heterocycles. The molecule has 3 rings (SSSR count). The predicted octanol–water partition coefficient (Wildman–Crippen LogP) is 2.54. The fourth-order valence-electron chi connectivity index (χ4n) is 2.59. The van der Waals surface area contributed by atoms with E-state index in [0.717, 1.165) is 21.9 Å². The average molecular weight is 371 g/mol. The number of carbonyl (C=O) groups is 2. The highest BCUT2D eigenvalue weighted by molar-refractivity contribution is 7.09. The molecule has 0 unspecified atom stereocenters. The first-order valence-corrected chi connectivity index (χ1v) is 9.24. The van der Waals surface area contributed by atoms with Gasteiger partial charge >= 0.3 is 0 Å². The van der Waals surface area contributed by atoms with E-state index in [1.165, 1.54) is 5.01 Å². The van der Waals surface area contributed by atoms with Crippen LogP contribution in [0.15, 0.2) is 47.9 Å². The molecule has 1 aromatic carbocycles. The van der Waals surface area contributed by atoms with Crippen molar-refractivity contribution in [2.24, 2.45) is 0 Å². The number of rotatable bonds is 7. The standard InChI is InChI=1S/C19H21N3O3S/c1-25-15-6-4-14(5-7-15)17-8-9-19(24)22(21-17)11-10-18(23)20-13-16-3-2-12-26-16/h2-8,12,21H,9-11,13H2,1H3,(H,20,23). The predicted molar refractivity (Wildman–Crippen MR) is 101 cm³/mol. The van der Waals surface area contributed by atoms with E-state index in [4.69, 9.17) is 4.74 Å². The fourth-order valence-corrected chi connectivity index (χ4v) is 3.23. The lowest BCUT2D eigenvalue weighted by molar-refractivity contribution is -0.133. The number of nitrogens with one attached hydrogen (secondary N) is 2. The highest BCUT2D eigenvalue weighted by atomic mass is 32.1. The molecular weight excluding hydrogens is 350 g/mol. The number of ether oxygens (including phenoxy) is 1. The molecule has 0 saturated heterocycles. The Bertz CT molecular complexity index is 785. The minimum Gasteiger partial charge on any atom is -0.497 e. The van der Waals surface area contributed by atoms with Gasteiger partial charge in [0.15, 0.2) is 0 Å². The van der Waals surface area contributed by atoms with Crippen molar-refractivity contribution in [3.63, 3.8) is 0 Å². The number of amides is 2. The van der Waals surface area contributed by atoms with E-state index in [1.54, 1.807) is 18.4 Å². The topological polar surface area (TPSA) is 70.7 Å². The first-order valence-electron chi connectivity index (χ1n) is 8.36. The summed E-state index contributed by atoms with van der Waals surface area (Å²) in [6.45, 7) is 0.845. The van der Waals surface area contributed by atoms with E-state index in [9.17, 15) is 9.59 Å². The fraction of sp³-hybridized carbons (Fsp3) is 0.263. The Labute approximate surface area is 156 Å². The maximum atomic E-state index is 12.1. The van der Waals surface area contributed by atoms with E-state index in [2.05, 4.69) is 10.7 Å². The average Bonchev–Trinajstić information content (AvgIpc) is 3.19. The van der Waals surface area contributed by atoms with Gasteiger partial charge in [0.25, 0.3) is 0 Å². The van der Waals surface area contributed by atoms with E-state index in [-0.39, 0.29) is 18.2 Å². The second-order valence-electron chi connectivity index (χ2n) is 5.81. The Morgan fingerprint density at radius 2 is 2.12 bits per heavy atom. The molecule has 0 spiro atoms. The van der Waals surface area contributed by atoms with Gasteiger partial charge in [-0.3, -0.25) is 20.0 Å².